The summed E-state index contributed by atoms with van der Waals surface area (Å²) in [4.78, 5) is 4.85. The zero-order valence-corrected chi connectivity index (χ0v) is 21.3. The maximum absolute atomic E-state index is 11.0. The van der Waals surface area contributed by atoms with Gasteiger partial charge in [-0.1, -0.05) is 30.3 Å². The normalized spacial score (nSPS) is 17.7. The molecule has 5 rings (SSSR count). The average molecular weight is 557 g/mol. The summed E-state index contributed by atoms with van der Waals surface area (Å²) in [6, 6.07) is 17.1. The molecule has 7 heteroatoms. The Bertz CT molecular complexity index is 1090. The smallest absolute Gasteiger partial charge is 0.0971 e. The van der Waals surface area contributed by atoms with E-state index < -0.39 is 6.10 Å². The van der Waals surface area contributed by atoms with Crippen LogP contribution in [0.15, 0.2) is 48.5 Å². The predicted octanol–water partition coefficient (Wildman–Crippen LogP) is 3.29. The summed E-state index contributed by atoms with van der Waals surface area (Å²) in [6.45, 7) is 9.15. The minimum absolute atomic E-state index is 0.432. The van der Waals surface area contributed by atoms with Crippen LogP contribution >= 0.6 is 22.6 Å². The number of fused-ring (bicyclic) bond motifs is 1. The molecule has 3 aromatic rings. The first kappa shape index (κ1) is 22.8. The van der Waals surface area contributed by atoms with Crippen molar-refractivity contribution in [1.29, 1.82) is 0 Å². The van der Waals surface area contributed by atoms with Crippen LogP contribution in [0.25, 0.3) is 11.3 Å². The fourth-order valence-electron chi connectivity index (χ4n) is 5.06. The van der Waals surface area contributed by atoms with E-state index in [4.69, 9.17) is 5.10 Å². The maximum atomic E-state index is 11.0. The van der Waals surface area contributed by atoms with Gasteiger partial charge in [-0.25, -0.2) is 0 Å². The van der Waals surface area contributed by atoms with E-state index >= 15 is 0 Å². The van der Waals surface area contributed by atoms with Crippen molar-refractivity contribution < 1.29 is 5.11 Å². The third kappa shape index (κ3) is 5.11. The monoisotopic (exact) mass is 557 g/mol. The van der Waals surface area contributed by atoms with Crippen molar-refractivity contribution in [1.82, 2.24) is 20.0 Å². The Balaban J connectivity index is 1.24. The lowest BCUT2D eigenvalue weighted by molar-refractivity contribution is 0.0912. The number of hydrogen-bond donors (Lipinski definition) is 2. The molecule has 0 spiro atoms. The van der Waals surface area contributed by atoms with E-state index in [-0.39, 0.29) is 0 Å². The lowest BCUT2D eigenvalue weighted by atomic mass is 10.0. The van der Waals surface area contributed by atoms with E-state index in [0.29, 0.717) is 13.1 Å². The van der Waals surface area contributed by atoms with E-state index in [2.05, 4.69) is 97.8 Å². The summed E-state index contributed by atoms with van der Waals surface area (Å²) < 4.78 is 3.29. The summed E-state index contributed by atoms with van der Waals surface area (Å²) in [5.74, 6) is 0. The minimum Gasteiger partial charge on any atom is -0.390 e. The molecule has 1 saturated heterocycles. The van der Waals surface area contributed by atoms with Gasteiger partial charge in [-0.05, 0) is 53.3 Å². The van der Waals surface area contributed by atoms with Crippen LogP contribution in [0, 0.1) is 10.5 Å². The molecular weight excluding hydrogens is 525 g/mol. The van der Waals surface area contributed by atoms with Gasteiger partial charge in [0.15, 0.2) is 0 Å². The number of β-amino-alcohol motifs (C(OH)–C–C–N with tert-alkyl or cyclic N) is 1. The van der Waals surface area contributed by atoms with E-state index in [9.17, 15) is 5.11 Å². The van der Waals surface area contributed by atoms with E-state index in [0.717, 1.165) is 56.9 Å². The Morgan fingerprint density at radius 2 is 1.79 bits per heavy atom. The first-order valence-corrected chi connectivity index (χ1v) is 12.9. The quantitative estimate of drug-likeness (QED) is 0.456. The number of nitrogens with one attached hydrogen (secondary N) is 1. The number of rotatable bonds is 6. The van der Waals surface area contributed by atoms with E-state index in [1.165, 1.54) is 26.1 Å². The second-order valence-corrected chi connectivity index (χ2v) is 10.4. The fourth-order valence-corrected chi connectivity index (χ4v) is 5.42. The third-order valence-corrected chi connectivity index (χ3v) is 7.52. The molecule has 0 bridgehead atoms. The molecule has 2 aromatic carbocycles. The minimum atomic E-state index is -0.432. The zero-order valence-electron chi connectivity index (χ0n) is 19.2. The Kier molecular flexibility index (Phi) is 7.01. The standard InChI is InChI=1S/C26H32IN5O/c1-19-4-2-3-5-24(19)31-14-12-30(13-15-31)17-22(33)18-32-25-10-11-28-16-23(25)26(29-32)20-6-8-21(27)9-7-20/h2-9,22,28,33H,10-18H2,1H3. The Morgan fingerprint density at radius 1 is 1.03 bits per heavy atom. The second-order valence-electron chi connectivity index (χ2n) is 9.12. The molecule has 2 aliphatic rings. The number of benzene rings is 2. The van der Waals surface area contributed by atoms with Gasteiger partial charge in [-0.3, -0.25) is 9.58 Å². The van der Waals surface area contributed by atoms with Crippen LogP contribution in [-0.2, 0) is 19.5 Å². The molecule has 0 amide bonds. The molecule has 2 aliphatic heterocycles. The molecule has 1 aromatic heterocycles. The number of aromatic nitrogens is 2. The molecule has 174 valence electrons. The Morgan fingerprint density at radius 3 is 2.55 bits per heavy atom. The second kappa shape index (κ2) is 10.1. The van der Waals surface area contributed by atoms with Crippen molar-refractivity contribution in [3.05, 3.63) is 68.9 Å². The van der Waals surface area contributed by atoms with Crippen molar-refractivity contribution in [2.24, 2.45) is 0 Å². The zero-order chi connectivity index (χ0) is 22.8. The molecule has 33 heavy (non-hydrogen) atoms. The Labute approximate surface area is 209 Å². The van der Waals surface area contributed by atoms with E-state index in [1.54, 1.807) is 0 Å². The SMILES string of the molecule is Cc1ccccc1N1CCN(CC(O)Cn2nc(-c3ccc(I)cc3)c3c2CCNC3)CC1. The van der Waals surface area contributed by atoms with Crippen molar-refractivity contribution in [3.63, 3.8) is 0 Å². The highest BCUT2D eigenvalue weighted by Crippen LogP contribution is 2.28. The van der Waals surface area contributed by atoms with Crippen LogP contribution in [-0.4, -0.2) is 65.2 Å². The van der Waals surface area contributed by atoms with Gasteiger partial charge in [0.2, 0.25) is 0 Å². The average Bonchev–Trinajstić information content (AvgIpc) is 3.19. The van der Waals surface area contributed by atoms with Gasteiger partial charge < -0.3 is 15.3 Å². The number of anilines is 1. The van der Waals surface area contributed by atoms with Crippen LogP contribution in [0.1, 0.15) is 16.8 Å². The third-order valence-electron chi connectivity index (χ3n) is 6.81. The molecule has 2 N–H and O–H groups in total. The van der Waals surface area contributed by atoms with Gasteiger partial charge in [0.25, 0.3) is 0 Å². The van der Waals surface area contributed by atoms with Gasteiger partial charge in [0, 0.05) is 78.3 Å². The molecule has 0 aliphatic carbocycles. The summed E-state index contributed by atoms with van der Waals surface area (Å²) in [6.07, 6.45) is 0.521. The number of nitrogens with zero attached hydrogens (tertiary/aromatic N) is 4. The molecular formula is C26H32IN5O. The summed E-state index contributed by atoms with van der Waals surface area (Å²) >= 11 is 2.33. The van der Waals surface area contributed by atoms with Gasteiger partial charge in [-0.2, -0.15) is 5.10 Å². The highest BCUT2D eigenvalue weighted by atomic mass is 127. The number of hydrogen-bond acceptors (Lipinski definition) is 5. The van der Waals surface area contributed by atoms with Gasteiger partial charge >= 0.3 is 0 Å². The number of halogens is 1. The van der Waals surface area contributed by atoms with Crippen LogP contribution in [0.2, 0.25) is 0 Å². The van der Waals surface area contributed by atoms with Gasteiger partial charge in [0.1, 0.15) is 0 Å². The molecule has 0 radical (unpaired) electrons. The van der Waals surface area contributed by atoms with Crippen molar-refractivity contribution >= 4 is 28.3 Å². The molecule has 0 saturated carbocycles. The summed E-state index contributed by atoms with van der Waals surface area (Å²) in [5, 5.41) is 19.4. The Hall–Kier alpha value is -1.94. The molecule has 1 unspecified atom stereocenters. The summed E-state index contributed by atoms with van der Waals surface area (Å²) in [5.41, 5.74) is 7.40. The van der Waals surface area contributed by atoms with Crippen LogP contribution in [0.3, 0.4) is 0 Å². The highest BCUT2D eigenvalue weighted by molar-refractivity contribution is 14.1. The number of para-hydroxylation sites is 1. The fraction of sp³-hybridized carbons (Fsp3) is 0.423. The predicted molar refractivity (Wildman–Crippen MR) is 142 cm³/mol. The molecule has 1 fully saturated rings. The molecule has 6 nitrogen and oxygen atoms in total. The number of aliphatic hydroxyl groups excluding tert-OH is 1. The van der Waals surface area contributed by atoms with Crippen LogP contribution in [0.4, 0.5) is 5.69 Å². The highest BCUT2D eigenvalue weighted by Gasteiger charge is 2.25. The number of aryl methyl sites for hydroxylation is 1. The lowest BCUT2D eigenvalue weighted by Crippen LogP contribution is -2.49. The molecule has 1 atom stereocenters. The van der Waals surface area contributed by atoms with Gasteiger partial charge in [-0.15, -0.1) is 0 Å². The van der Waals surface area contributed by atoms with Gasteiger partial charge in [0.05, 0.1) is 18.3 Å². The first-order valence-electron chi connectivity index (χ1n) is 11.8. The largest absolute Gasteiger partial charge is 0.390 e. The number of piperazine rings is 1. The van der Waals surface area contributed by atoms with Crippen LogP contribution < -0.4 is 10.2 Å². The lowest BCUT2D eigenvalue weighted by Gasteiger charge is -2.37. The summed E-state index contributed by atoms with van der Waals surface area (Å²) in [7, 11) is 0. The number of aliphatic hydroxyl groups is 1. The van der Waals surface area contributed by atoms with Crippen molar-refractivity contribution in [2.75, 3.05) is 44.2 Å². The van der Waals surface area contributed by atoms with E-state index in [1.807, 2.05) is 0 Å². The topological polar surface area (TPSA) is 56.6 Å². The van der Waals surface area contributed by atoms with Crippen molar-refractivity contribution in [3.8, 4) is 11.3 Å². The maximum Gasteiger partial charge on any atom is 0.0971 e. The van der Waals surface area contributed by atoms with Crippen LogP contribution in [0.5, 0.6) is 0 Å². The molecule has 3 heterocycles. The van der Waals surface area contributed by atoms with Crippen molar-refractivity contribution in [2.45, 2.75) is 32.5 Å². The first-order chi connectivity index (χ1) is 16.1.